The van der Waals surface area contributed by atoms with Crippen LogP contribution in [0.4, 0.5) is 0 Å². The van der Waals surface area contributed by atoms with Crippen LogP contribution in [0, 0.1) is 5.92 Å². The first kappa shape index (κ1) is 15.5. The van der Waals surface area contributed by atoms with E-state index in [1.54, 1.807) is 11.3 Å². The van der Waals surface area contributed by atoms with Crippen LogP contribution >= 0.6 is 23.7 Å². The third-order valence-corrected chi connectivity index (χ3v) is 4.15. The van der Waals surface area contributed by atoms with Gasteiger partial charge in [0.05, 0.1) is 6.42 Å². The molecule has 1 aliphatic heterocycles. The summed E-state index contributed by atoms with van der Waals surface area (Å²) in [4.78, 5) is 15.3. The number of likely N-dealkylation sites (tertiary alicyclic amines) is 1. The Balaban J connectivity index is 0.00000162. The molecule has 5 heteroatoms. The monoisotopic (exact) mass is 288 g/mol. The van der Waals surface area contributed by atoms with Crippen molar-refractivity contribution in [1.29, 1.82) is 0 Å². The molecule has 0 bridgehead atoms. The van der Waals surface area contributed by atoms with Crippen LogP contribution in [0.5, 0.6) is 0 Å². The van der Waals surface area contributed by atoms with E-state index in [-0.39, 0.29) is 18.3 Å². The normalized spacial score (nSPS) is 19.4. The van der Waals surface area contributed by atoms with Gasteiger partial charge in [-0.15, -0.1) is 23.7 Å². The van der Waals surface area contributed by atoms with Crippen LogP contribution in [0.2, 0.25) is 0 Å². The minimum Gasteiger partial charge on any atom is -0.342 e. The summed E-state index contributed by atoms with van der Waals surface area (Å²) in [5.74, 6) is 0.911. The van der Waals surface area contributed by atoms with Crippen LogP contribution in [0.1, 0.15) is 17.7 Å². The number of hydrogen-bond acceptors (Lipinski definition) is 3. The fourth-order valence-corrected chi connectivity index (χ4v) is 3.12. The van der Waals surface area contributed by atoms with E-state index < -0.39 is 0 Å². The van der Waals surface area contributed by atoms with Crippen molar-refractivity contribution in [1.82, 2.24) is 10.2 Å². The molecule has 1 fully saturated rings. The molecule has 0 saturated carbocycles. The predicted octanol–water partition coefficient (Wildman–Crippen LogP) is 2.17. The molecular weight excluding hydrogens is 268 g/mol. The van der Waals surface area contributed by atoms with E-state index >= 15 is 0 Å². The number of thiophene rings is 1. The van der Waals surface area contributed by atoms with E-state index in [2.05, 4.69) is 5.32 Å². The van der Waals surface area contributed by atoms with Crippen LogP contribution < -0.4 is 5.32 Å². The minimum atomic E-state index is 0. The Morgan fingerprint density at radius 1 is 1.61 bits per heavy atom. The molecule has 0 spiro atoms. The van der Waals surface area contributed by atoms with Gasteiger partial charge < -0.3 is 10.2 Å². The number of nitrogens with zero attached hydrogens (tertiary/aromatic N) is 1. The molecule has 1 aromatic heterocycles. The van der Waals surface area contributed by atoms with Gasteiger partial charge in [-0.05, 0) is 43.8 Å². The lowest BCUT2D eigenvalue weighted by Crippen LogP contribution is -2.43. The molecule has 1 aromatic rings. The second-order valence-electron chi connectivity index (χ2n) is 4.66. The lowest BCUT2D eigenvalue weighted by atomic mass is 9.98. The molecule has 102 valence electrons. The van der Waals surface area contributed by atoms with E-state index in [0.29, 0.717) is 12.3 Å². The van der Waals surface area contributed by atoms with Crippen molar-refractivity contribution in [2.45, 2.75) is 19.3 Å². The molecule has 1 atom stereocenters. The standard InChI is InChI=1S/C13H20N2OS.ClH/c1-14-9-11-4-2-6-15(10-11)13(16)8-12-5-3-7-17-12;/h3,5,7,11,14H,2,4,6,8-10H2,1H3;1H. The first-order chi connectivity index (χ1) is 8.29. The molecule has 1 saturated heterocycles. The van der Waals surface area contributed by atoms with Gasteiger partial charge >= 0.3 is 0 Å². The largest absolute Gasteiger partial charge is 0.342 e. The van der Waals surface area contributed by atoms with Crippen LogP contribution in [0.25, 0.3) is 0 Å². The smallest absolute Gasteiger partial charge is 0.227 e. The zero-order valence-electron chi connectivity index (χ0n) is 10.7. The van der Waals surface area contributed by atoms with Crippen molar-refractivity contribution in [2.75, 3.05) is 26.7 Å². The summed E-state index contributed by atoms with van der Waals surface area (Å²) in [7, 11) is 1.98. The summed E-state index contributed by atoms with van der Waals surface area (Å²) in [5, 5.41) is 5.24. The van der Waals surface area contributed by atoms with Gasteiger partial charge in [0.25, 0.3) is 0 Å². The number of rotatable bonds is 4. The quantitative estimate of drug-likeness (QED) is 0.921. The number of piperidine rings is 1. The maximum absolute atomic E-state index is 12.1. The maximum atomic E-state index is 12.1. The Hall–Kier alpha value is -0.580. The molecule has 0 aromatic carbocycles. The van der Waals surface area contributed by atoms with Crippen LogP contribution in [0.15, 0.2) is 17.5 Å². The Morgan fingerprint density at radius 2 is 2.44 bits per heavy atom. The molecule has 1 aliphatic rings. The Kier molecular flexibility index (Phi) is 6.68. The van der Waals surface area contributed by atoms with Crippen molar-refractivity contribution in [3.63, 3.8) is 0 Å². The molecule has 2 rings (SSSR count). The molecule has 18 heavy (non-hydrogen) atoms. The topological polar surface area (TPSA) is 32.3 Å². The van der Waals surface area contributed by atoms with Gasteiger partial charge in [0.15, 0.2) is 0 Å². The summed E-state index contributed by atoms with van der Waals surface area (Å²) in [5.41, 5.74) is 0. The van der Waals surface area contributed by atoms with Crippen LogP contribution in [-0.2, 0) is 11.2 Å². The van der Waals surface area contributed by atoms with Crippen molar-refractivity contribution in [3.05, 3.63) is 22.4 Å². The minimum absolute atomic E-state index is 0. The lowest BCUT2D eigenvalue weighted by Gasteiger charge is -2.32. The van der Waals surface area contributed by atoms with Gasteiger partial charge in [-0.2, -0.15) is 0 Å². The SMILES string of the molecule is CNCC1CCCN(C(=O)Cc2cccs2)C1.Cl. The summed E-state index contributed by atoms with van der Waals surface area (Å²) in [6.45, 7) is 2.87. The second kappa shape index (κ2) is 7.77. The van der Waals surface area contributed by atoms with E-state index in [0.717, 1.165) is 26.1 Å². The summed E-state index contributed by atoms with van der Waals surface area (Å²) < 4.78 is 0. The number of hydrogen-bond donors (Lipinski definition) is 1. The lowest BCUT2D eigenvalue weighted by molar-refractivity contribution is -0.132. The van der Waals surface area contributed by atoms with Crippen LogP contribution in [0.3, 0.4) is 0 Å². The van der Waals surface area contributed by atoms with Crippen molar-refractivity contribution >= 4 is 29.7 Å². The molecule has 1 unspecified atom stereocenters. The third kappa shape index (κ3) is 4.26. The number of carbonyl (C=O) groups is 1. The third-order valence-electron chi connectivity index (χ3n) is 3.27. The highest BCUT2D eigenvalue weighted by atomic mass is 35.5. The summed E-state index contributed by atoms with van der Waals surface area (Å²) in [6, 6.07) is 4.05. The summed E-state index contributed by atoms with van der Waals surface area (Å²) >= 11 is 1.67. The van der Waals surface area contributed by atoms with Crippen molar-refractivity contribution < 1.29 is 4.79 Å². The van der Waals surface area contributed by atoms with E-state index in [1.807, 2.05) is 29.5 Å². The van der Waals surface area contributed by atoms with Gasteiger partial charge in [0, 0.05) is 18.0 Å². The number of halogens is 1. The number of amides is 1. The molecule has 3 nitrogen and oxygen atoms in total. The first-order valence-corrected chi connectivity index (χ1v) is 7.12. The highest BCUT2D eigenvalue weighted by molar-refractivity contribution is 7.10. The van der Waals surface area contributed by atoms with Gasteiger partial charge in [-0.25, -0.2) is 0 Å². The maximum Gasteiger partial charge on any atom is 0.227 e. The van der Waals surface area contributed by atoms with Gasteiger partial charge in [-0.3, -0.25) is 4.79 Å². The molecule has 0 radical (unpaired) electrons. The molecule has 0 aliphatic carbocycles. The van der Waals surface area contributed by atoms with Crippen molar-refractivity contribution in [2.24, 2.45) is 5.92 Å². The van der Waals surface area contributed by atoms with Crippen LogP contribution in [-0.4, -0.2) is 37.5 Å². The Morgan fingerprint density at radius 3 is 3.11 bits per heavy atom. The van der Waals surface area contributed by atoms with E-state index in [1.165, 1.54) is 11.3 Å². The fourth-order valence-electron chi connectivity index (χ4n) is 2.42. The number of nitrogens with one attached hydrogen (secondary N) is 1. The molecule has 2 heterocycles. The van der Waals surface area contributed by atoms with Gasteiger partial charge in [0.1, 0.15) is 0 Å². The average molecular weight is 289 g/mol. The molecular formula is C13H21ClN2OS. The highest BCUT2D eigenvalue weighted by Gasteiger charge is 2.23. The molecule has 1 amide bonds. The summed E-state index contributed by atoms with van der Waals surface area (Å²) in [6.07, 6.45) is 2.95. The zero-order chi connectivity index (χ0) is 12.1. The van der Waals surface area contributed by atoms with Gasteiger partial charge in [0.2, 0.25) is 5.91 Å². The number of carbonyl (C=O) groups excluding carboxylic acids is 1. The predicted molar refractivity (Wildman–Crippen MR) is 78.5 cm³/mol. The van der Waals surface area contributed by atoms with Gasteiger partial charge in [-0.1, -0.05) is 6.07 Å². The Bertz CT molecular complexity index is 354. The van der Waals surface area contributed by atoms with Crippen molar-refractivity contribution in [3.8, 4) is 0 Å². The fraction of sp³-hybridized carbons (Fsp3) is 0.615. The van der Waals surface area contributed by atoms with E-state index in [4.69, 9.17) is 0 Å². The highest BCUT2D eigenvalue weighted by Crippen LogP contribution is 2.18. The zero-order valence-corrected chi connectivity index (χ0v) is 12.4. The first-order valence-electron chi connectivity index (χ1n) is 6.24. The average Bonchev–Trinajstić information content (AvgIpc) is 2.83. The van der Waals surface area contributed by atoms with E-state index in [9.17, 15) is 4.79 Å². The molecule has 1 N–H and O–H groups in total. The Labute approximate surface area is 119 Å². The second-order valence-corrected chi connectivity index (χ2v) is 5.69.